The van der Waals surface area contributed by atoms with E-state index in [4.69, 9.17) is 4.74 Å². The van der Waals surface area contributed by atoms with E-state index in [-0.39, 0.29) is 0 Å². The van der Waals surface area contributed by atoms with Crippen LogP contribution in [0.4, 0.5) is 0 Å². The molecule has 0 atom stereocenters. The lowest BCUT2D eigenvalue weighted by Crippen LogP contribution is -2.26. The maximum absolute atomic E-state index is 11.2. The number of para-hydroxylation sites is 1. The molecule has 0 aromatic heterocycles. The van der Waals surface area contributed by atoms with Crippen molar-refractivity contribution in [1.82, 2.24) is 0 Å². The molecule has 0 spiro atoms. The average molecular weight is 248 g/mol. The molecule has 1 N–H and O–H groups in total. The van der Waals surface area contributed by atoms with Gasteiger partial charge in [-0.1, -0.05) is 18.2 Å². The van der Waals surface area contributed by atoms with E-state index < -0.39 is 11.4 Å². The first-order chi connectivity index (χ1) is 8.49. The standard InChI is InChI=1S/C15H20O3/c1-15(2,14(16)17)9-12-5-3-4-6-13(12)18-10-11-7-8-11/h3-6,11H,7-10H2,1-2H3,(H,16,17). The van der Waals surface area contributed by atoms with Crippen LogP contribution in [0.1, 0.15) is 32.3 Å². The third-order valence-corrected chi connectivity index (χ3v) is 3.36. The number of hydrogen-bond acceptors (Lipinski definition) is 2. The van der Waals surface area contributed by atoms with Crippen LogP contribution in [0.25, 0.3) is 0 Å². The number of benzene rings is 1. The van der Waals surface area contributed by atoms with Crippen molar-refractivity contribution in [3.05, 3.63) is 29.8 Å². The summed E-state index contributed by atoms with van der Waals surface area (Å²) in [7, 11) is 0. The summed E-state index contributed by atoms with van der Waals surface area (Å²) in [6.07, 6.45) is 2.99. The Bertz CT molecular complexity index is 433. The fraction of sp³-hybridized carbons (Fsp3) is 0.533. The van der Waals surface area contributed by atoms with E-state index in [1.807, 2.05) is 24.3 Å². The molecule has 3 nitrogen and oxygen atoms in total. The van der Waals surface area contributed by atoms with Crippen LogP contribution >= 0.6 is 0 Å². The van der Waals surface area contributed by atoms with E-state index in [0.29, 0.717) is 12.3 Å². The highest BCUT2D eigenvalue weighted by Gasteiger charge is 2.29. The van der Waals surface area contributed by atoms with Gasteiger partial charge in [0.2, 0.25) is 0 Å². The predicted octanol–water partition coefficient (Wildman–Crippen LogP) is 3.13. The monoisotopic (exact) mass is 248 g/mol. The Morgan fingerprint density at radius 3 is 2.67 bits per heavy atom. The molecule has 0 amide bonds. The van der Waals surface area contributed by atoms with Crippen molar-refractivity contribution in [3.8, 4) is 5.75 Å². The molecule has 18 heavy (non-hydrogen) atoms. The summed E-state index contributed by atoms with van der Waals surface area (Å²) < 4.78 is 5.79. The van der Waals surface area contributed by atoms with E-state index in [1.54, 1.807) is 13.8 Å². The van der Waals surface area contributed by atoms with E-state index >= 15 is 0 Å². The Balaban J connectivity index is 2.08. The molecule has 1 aromatic rings. The van der Waals surface area contributed by atoms with Crippen molar-refractivity contribution < 1.29 is 14.6 Å². The van der Waals surface area contributed by atoms with E-state index in [1.165, 1.54) is 12.8 Å². The van der Waals surface area contributed by atoms with Crippen LogP contribution in [-0.4, -0.2) is 17.7 Å². The van der Waals surface area contributed by atoms with Crippen molar-refractivity contribution >= 4 is 5.97 Å². The van der Waals surface area contributed by atoms with Crippen LogP contribution in [0.3, 0.4) is 0 Å². The molecule has 1 aliphatic rings. The molecule has 1 fully saturated rings. The fourth-order valence-electron chi connectivity index (χ4n) is 1.83. The van der Waals surface area contributed by atoms with Crippen molar-refractivity contribution in [2.45, 2.75) is 33.1 Å². The first-order valence-corrected chi connectivity index (χ1v) is 6.43. The maximum Gasteiger partial charge on any atom is 0.309 e. The molecule has 0 heterocycles. The van der Waals surface area contributed by atoms with Crippen molar-refractivity contribution in [2.24, 2.45) is 11.3 Å². The van der Waals surface area contributed by atoms with Crippen LogP contribution < -0.4 is 4.74 Å². The molecule has 3 heteroatoms. The molecule has 0 unspecified atom stereocenters. The number of hydrogen-bond donors (Lipinski definition) is 1. The molecule has 2 rings (SSSR count). The molecule has 1 aromatic carbocycles. The van der Waals surface area contributed by atoms with Crippen molar-refractivity contribution in [1.29, 1.82) is 0 Å². The van der Waals surface area contributed by atoms with Gasteiger partial charge < -0.3 is 9.84 Å². The third-order valence-electron chi connectivity index (χ3n) is 3.36. The predicted molar refractivity (Wildman–Crippen MR) is 69.8 cm³/mol. The molecule has 98 valence electrons. The summed E-state index contributed by atoms with van der Waals surface area (Å²) in [6.45, 7) is 4.24. The zero-order chi connectivity index (χ0) is 13.2. The topological polar surface area (TPSA) is 46.5 Å². The van der Waals surface area contributed by atoms with Crippen LogP contribution in [-0.2, 0) is 11.2 Å². The zero-order valence-electron chi connectivity index (χ0n) is 11.0. The second-order valence-electron chi connectivity index (χ2n) is 5.73. The zero-order valence-corrected chi connectivity index (χ0v) is 11.0. The second kappa shape index (κ2) is 5.01. The number of aliphatic carboxylic acids is 1. The first-order valence-electron chi connectivity index (χ1n) is 6.43. The number of carbonyl (C=O) groups is 1. The highest BCUT2D eigenvalue weighted by Crippen LogP contribution is 2.32. The molecule has 1 saturated carbocycles. The van der Waals surface area contributed by atoms with Crippen molar-refractivity contribution in [3.63, 3.8) is 0 Å². The van der Waals surface area contributed by atoms with Crippen molar-refractivity contribution in [2.75, 3.05) is 6.61 Å². The number of carboxylic acids is 1. The molecule has 0 radical (unpaired) electrons. The smallest absolute Gasteiger partial charge is 0.309 e. The summed E-state index contributed by atoms with van der Waals surface area (Å²) in [5.41, 5.74) is 0.213. The maximum atomic E-state index is 11.2. The lowest BCUT2D eigenvalue weighted by molar-refractivity contribution is -0.146. The quantitative estimate of drug-likeness (QED) is 0.841. The average Bonchev–Trinajstić information content (AvgIpc) is 3.11. The lowest BCUT2D eigenvalue weighted by atomic mass is 9.85. The Labute approximate surface area is 108 Å². The highest BCUT2D eigenvalue weighted by molar-refractivity contribution is 5.74. The molecular weight excluding hydrogens is 228 g/mol. The van der Waals surface area contributed by atoms with Gasteiger partial charge >= 0.3 is 5.97 Å². The van der Waals surface area contributed by atoms with Gasteiger partial charge in [-0.25, -0.2) is 0 Å². The number of ether oxygens (including phenoxy) is 1. The van der Waals surface area contributed by atoms with Crippen LogP contribution in [0.15, 0.2) is 24.3 Å². The largest absolute Gasteiger partial charge is 0.493 e. The Morgan fingerprint density at radius 2 is 2.06 bits per heavy atom. The Morgan fingerprint density at radius 1 is 1.39 bits per heavy atom. The SMILES string of the molecule is CC(C)(Cc1ccccc1OCC1CC1)C(=O)O. The van der Waals surface area contributed by atoms with Gasteiger partial charge in [0.15, 0.2) is 0 Å². The first kappa shape index (κ1) is 12.9. The lowest BCUT2D eigenvalue weighted by Gasteiger charge is -2.21. The van der Waals surface area contributed by atoms with E-state index in [2.05, 4.69) is 0 Å². The minimum absolute atomic E-state index is 0.489. The van der Waals surface area contributed by atoms with Gasteiger partial charge in [0.25, 0.3) is 0 Å². The molecule has 0 bridgehead atoms. The van der Waals surface area contributed by atoms with Gasteiger partial charge in [0, 0.05) is 0 Å². The molecule has 0 aliphatic heterocycles. The normalized spacial score (nSPS) is 15.4. The van der Waals surface area contributed by atoms with Crippen LogP contribution in [0, 0.1) is 11.3 Å². The molecule has 0 saturated heterocycles. The number of carboxylic acid groups (broad SMARTS) is 1. The number of rotatable bonds is 6. The van der Waals surface area contributed by atoms with Gasteiger partial charge in [-0.2, -0.15) is 0 Å². The third kappa shape index (κ3) is 3.25. The fourth-order valence-corrected chi connectivity index (χ4v) is 1.83. The van der Waals surface area contributed by atoms with Crippen LogP contribution in [0.2, 0.25) is 0 Å². The summed E-state index contributed by atoms with van der Waals surface area (Å²) in [5, 5.41) is 9.18. The highest BCUT2D eigenvalue weighted by atomic mass is 16.5. The minimum Gasteiger partial charge on any atom is -0.493 e. The molecule has 1 aliphatic carbocycles. The van der Waals surface area contributed by atoms with Gasteiger partial charge in [-0.3, -0.25) is 4.79 Å². The van der Waals surface area contributed by atoms with E-state index in [9.17, 15) is 9.90 Å². The van der Waals surface area contributed by atoms with E-state index in [0.717, 1.165) is 17.9 Å². The Kier molecular flexibility index (Phi) is 3.60. The molecular formula is C15H20O3. The van der Waals surface area contributed by atoms with Gasteiger partial charge in [0.05, 0.1) is 12.0 Å². The Hall–Kier alpha value is -1.51. The minimum atomic E-state index is -0.778. The van der Waals surface area contributed by atoms with Gasteiger partial charge in [-0.05, 0) is 50.7 Å². The van der Waals surface area contributed by atoms with Gasteiger partial charge in [0.1, 0.15) is 5.75 Å². The summed E-state index contributed by atoms with van der Waals surface area (Å²) in [4.78, 5) is 11.2. The second-order valence-corrected chi connectivity index (χ2v) is 5.73. The van der Waals surface area contributed by atoms with Gasteiger partial charge in [-0.15, -0.1) is 0 Å². The summed E-state index contributed by atoms with van der Waals surface area (Å²) in [6, 6.07) is 7.74. The summed E-state index contributed by atoms with van der Waals surface area (Å²) in [5.74, 6) is 0.753. The summed E-state index contributed by atoms with van der Waals surface area (Å²) >= 11 is 0. The van der Waals surface area contributed by atoms with Crippen LogP contribution in [0.5, 0.6) is 5.75 Å².